The normalized spacial score (nSPS) is 25.6. The smallest absolute Gasteiger partial charge is 0.306 e. The molecule has 18 heavy (non-hydrogen) atoms. The molecule has 0 aromatic carbocycles. The second-order valence-electron chi connectivity index (χ2n) is 5.33. The summed E-state index contributed by atoms with van der Waals surface area (Å²) in [6, 6.07) is 0. The minimum Gasteiger partial charge on any atom is -0.481 e. The van der Waals surface area contributed by atoms with Gasteiger partial charge in [0.15, 0.2) is 0 Å². The number of hydrogen-bond donors (Lipinski definition) is 3. The Kier molecular flexibility index (Phi) is 6.60. The summed E-state index contributed by atoms with van der Waals surface area (Å²) < 4.78 is 5.30. The molecule has 0 spiro atoms. The van der Waals surface area contributed by atoms with Gasteiger partial charge in [0.1, 0.15) is 0 Å². The average Bonchev–Trinajstić information content (AvgIpc) is 2.74. The topological polar surface area (TPSA) is 78.8 Å². The third kappa shape index (κ3) is 5.33. The van der Waals surface area contributed by atoms with E-state index in [4.69, 9.17) is 9.84 Å². The van der Waals surface area contributed by atoms with Gasteiger partial charge in [-0.25, -0.2) is 0 Å². The van der Waals surface area contributed by atoms with Crippen molar-refractivity contribution in [1.82, 2.24) is 5.32 Å². The number of carbonyl (C=O) groups is 1. The number of hydrogen-bond acceptors (Lipinski definition) is 4. The van der Waals surface area contributed by atoms with Crippen molar-refractivity contribution >= 4 is 5.97 Å². The number of ether oxygens (including phenoxy) is 1. The summed E-state index contributed by atoms with van der Waals surface area (Å²) in [6.45, 7) is 5.29. The predicted octanol–water partition coefficient (Wildman–Crippen LogP) is 0.863. The van der Waals surface area contributed by atoms with Gasteiger partial charge in [0.05, 0.1) is 24.7 Å². The molecule has 5 heteroatoms. The monoisotopic (exact) mass is 259 g/mol. The van der Waals surface area contributed by atoms with Gasteiger partial charge >= 0.3 is 5.97 Å². The molecule has 0 aromatic rings. The second-order valence-corrected chi connectivity index (χ2v) is 5.33. The molecule has 0 saturated heterocycles. The zero-order valence-corrected chi connectivity index (χ0v) is 11.3. The van der Waals surface area contributed by atoms with Gasteiger partial charge in [-0.3, -0.25) is 4.79 Å². The molecule has 0 aliphatic heterocycles. The summed E-state index contributed by atoms with van der Waals surface area (Å²) >= 11 is 0. The number of rotatable bonds is 8. The lowest BCUT2D eigenvalue weighted by Gasteiger charge is -2.18. The molecule has 3 N–H and O–H groups in total. The van der Waals surface area contributed by atoms with Crippen molar-refractivity contribution < 1.29 is 19.7 Å². The van der Waals surface area contributed by atoms with Gasteiger partial charge in [-0.05, 0) is 39.2 Å². The predicted molar refractivity (Wildman–Crippen MR) is 68.4 cm³/mol. The van der Waals surface area contributed by atoms with Crippen LogP contribution >= 0.6 is 0 Å². The van der Waals surface area contributed by atoms with Crippen LogP contribution in [-0.4, -0.2) is 48.1 Å². The van der Waals surface area contributed by atoms with Crippen molar-refractivity contribution in [3.05, 3.63) is 0 Å². The molecule has 0 aromatic heterocycles. The number of aliphatic hydroxyl groups excluding tert-OH is 1. The number of nitrogens with one attached hydrogen (secondary N) is 1. The van der Waals surface area contributed by atoms with Gasteiger partial charge in [-0.1, -0.05) is 6.42 Å². The van der Waals surface area contributed by atoms with Gasteiger partial charge in [-0.2, -0.15) is 0 Å². The Balaban J connectivity index is 2.15. The first-order valence-corrected chi connectivity index (χ1v) is 6.74. The molecule has 1 saturated carbocycles. The Morgan fingerprint density at radius 2 is 2.17 bits per heavy atom. The second kappa shape index (κ2) is 7.71. The van der Waals surface area contributed by atoms with E-state index in [9.17, 15) is 9.90 Å². The van der Waals surface area contributed by atoms with E-state index >= 15 is 0 Å². The average molecular weight is 259 g/mol. The fourth-order valence-corrected chi connectivity index (χ4v) is 2.40. The summed E-state index contributed by atoms with van der Waals surface area (Å²) in [5.41, 5.74) is 0. The van der Waals surface area contributed by atoms with Crippen LogP contribution in [0.15, 0.2) is 0 Å². The fourth-order valence-electron chi connectivity index (χ4n) is 2.40. The van der Waals surface area contributed by atoms with Crippen molar-refractivity contribution in [3.63, 3.8) is 0 Å². The maximum Gasteiger partial charge on any atom is 0.306 e. The molecule has 0 radical (unpaired) electrons. The van der Waals surface area contributed by atoms with Crippen molar-refractivity contribution in [1.29, 1.82) is 0 Å². The highest BCUT2D eigenvalue weighted by atomic mass is 16.5. The van der Waals surface area contributed by atoms with Gasteiger partial charge < -0.3 is 20.3 Å². The van der Waals surface area contributed by atoms with Crippen molar-refractivity contribution in [2.75, 3.05) is 19.7 Å². The Bertz CT molecular complexity index is 257. The number of aliphatic carboxylic acids is 1. The standard InChI is InChI=1S/C13H25NO4/c1-9(2)18-8-11(15)7-14-6-10-4-3-5-12(10)13(16)17/h9-12,14-15H,3-8H2,1-2H3,(H,16,17). The molecule has 5 nitrogen and oxygen atoms in total. The number of carboxylic acids is 1. The van der Waals surface area contributed by atoms with Gasteiger partial charge in [0, 0.05) is 6.54 Å². The molecule has 1 aliphatic carbocycles. The van der Waals surface area contributed by atoms with Gasteiger partial charge in [-0.15, -0.1) is 0 Å². The molecular formula is C13H25NO4. The highest BCUT2D eigenvalue weighted by molar-refractivity contribution is 5.70. The Labute approximate surface area is 109 Å². The van der Waals surface area contributed by atoms with Crippen LogP contribution in [0.4, 0.5) is 0 Å². The van der Waals surface area contributed by atoms with Crippen LogP contribution in [-0.2, 0) is 9.53 Å². The fraction of sp³-hybridized carbons (Fsp3) is 0.923. The Hall–Kier alpha value is -0.650. The highest BCUT2D eigenvalue weighted by Gasteiger charge is 2.32. The highest BCUT2D eigenvalue weighted by Crippen LogP contribution is 2.31. The van der Waals surface area contributed by atoms with Crippen LogP contribution in [0.3, 0.4) is 0 Å². The van der Waals surface area contributed by atoms with Crippen molar-refractivity contribution in [2.24, 2.45) is 11.8 Å². The number of carboxylic acid groups (broad SMARTS) is 1. The first-order valence-electron chi connectivity index (χ1n) is 6.74. The summed E-state index contributed by atoms with van der Waals surface area (Å²) in [6.07, 6.45) is 2.31. The molecule has 1 fully saturated rings. The quantitative estimate of drug-likeness (QED) is 0.602. The lowest BCUT2D eigenvalue weighted by molar-refractivity contribution is -0.142. The Morgan fingerprint density at radius 3 is 2.78 bits per heavy atom. The van der Waals surface area contributed by atoms with E-state index < -0.39 is 12.1 Å². The first-order chi connectivity index (χ1) is 8.50. The molecule has 1 rings (SSSR count). The minimum absolute atomic E-state index is 0.117. The third-order valence-corrected chi connectivity index (χ3v) is 3.38. The zero-order valence-electron chi connectivity index (χ0n) is 11.3. The SMILES string of the molecule is CC(C)OCC(O)CNCC1CCCC1C(=O)O. The van der Waals surface area contributed by atoms with E-state index in [1.54, 1.807) is 0 Å². The maximum atomic E-state index is 11.0. The van der Waals surface area contributed by atoms with Crippen LogP contribution in [0, 0.1) is 11.8 Å². The van der Waals surface area contributed by atoms with E-state index in [0.717, 1.165) is 19.3 Å². The van der Waals surface area contributed by atoms with Crippen LogP contribution in [0.25, 0.3) is 0 Å². The lowest BCUT2D eigenvalue weighted by Crippen LogP contribution is -2.36. The summed E-state index contributed by atoms with van der Waals surface area (Å²) in [5, 5.41) is 21.8. The van der Waals surface area contributed by atoms with Gasteiger partial charge in [0.25, 0.3) is 0 Å². The molecule has 0 bridgehead atoms. The van der Waals surface area contributed by atoms with E-state index in [1.807, 2.05) is 13.8 Å². The third-order valence-electron chi connectivity index (χ3n) is 3.38. The van der Waals surface area contributed by atoms with E-state index in [-0.39, 0.29) is 17.9 Å². The minimum atomic E-state index is -0.692. The number of aliphatic hydroxyl groups is 1. The molecule has 3 unspecified atom stereocenters. The molecule has 1 aliphatic rings. The summed E-state index contributed by atoms with van der Waals surface area (Å²) in [7, 11) is 0. The molecule has 0 amide bonds. The largest absolute Gasteiger partial charge is 0.481 e. The molecule has 0 heterocycles. The maximum absolute atomic E-state index is 11.0. The lowest BCUT2D eigenvalue weighted by atomic mass is 9.96. The molecular weight excluding hydrogens is 234 g/mol. The van der Waals surface area contributed by atoms with E-state index in [0.29, 0.717) is 19.7 Å². The molecule has 3 atom stereocenters. The summed E-state index contributed by atoms with van der Waals surface area (Å²) in [5.74, 6) is -0.717. The van der Waals surface area contributed by atoms with Crippen LogP contribution in [0.5, 0.6) is 0 Å². The first kappa shape index (κ1) is 15.4. The van der Waals surface area contributed by atoms with Crippen molar-refractivity contribution in [3.8, 4) is 0 Å². The van der Waals surface area contributed by atoms with Crippen LogP contribution < -0.4 is 5.32 Å². The van der Waals surface area contributed by atoms with Crippen LogP contribution in [0.2, 0.25) is 0 Å². The van der Waals surface area contributed by atoms with Crippen molar-refractivity contribution in [2.45, 2.75) is 45.3 Å². The van der Waals surface area contributed by atoms with E-state index in [1.165, 1.54) is 0 Å². The zero-order chi connectivity index (χ0) is 13.5. The Morgan fingerprint density at radius 1 is 1.44 bits per heavy atom. The van der Waals surface area contributed by atoms with Gasteiger partial charge in [0.2, 0.25) is 0 Å². The summed E-state index contributed by atoms with van der Waals surface area (Å²) in [4.78, 5) is 11.0. The molecule has 106 valence electrons. The van der Waals surface area contributed by atoms with Crippen LogP contribution in [0.1, 0.15) is 33.1 Å². The van der Waals surface area contributed by atoms with E-state index in [2.05, 4.69) is 5.32 Å².